The summed E-state index contributed by atoms with van der Waals surface area (Å²) in [4.78, 5) is 26.0. The van der Waals surface area contributed by atoms with E-state index in [4.69, 9.17) is 4.42 Å². The van der Waals surface area contributed by atoms with Crippen LogP contribution >= 0.6 is 15.9 Å². The number of benzene rings is 3. The number of carbonyl (C=O) groups excluding carboxylic acids is 2. The summed E-state index contributed by atoms with van der Waals surface area (Å²) < 4.78 is 9.24. The first kappa shape index (κ1) is 25.1. The highest BCUT2D eigenvalue weighted by molar-refractivity contribution is 9.10. The maximum absolute atomic E-state index is 13.4. The molecule has 1 aliphatic rings. The van der Waals surface area contributed by atoms with Crippen LogP contribution in [0.25, 0.3) is 21.8 Å². The van der Waals surface area contributed by atoms with Gasteiger partial charge in [-0.15, -0.1) is 0 Å². The van der Waals surface area contributed by atoms with E-state index in [1.807, 2.05) is 49.4 Å². The molecule has 0 spiro atoms. The van der Waals surface area contributed by atoms with Gasteiger partial charge in [0.25, 0.3) is 11.8 Å². The highest BCUT2D eigenvalue weighted by Crippen LogP contribution is 2.33. The first-order chi connectivity index (χ1) is 18.9. The van der Waals surface area contributed by atoms with Crippen molar-refractivity contribution in [1.82, 2.24) is 9.99 Å². The molecule has 3 aromatic carbocycles. The van der Waals surface area contributed by atoms with Gasteiger partial charge in [-0.1, -0.05) is 34.1 Å². The van der Waals surface area contributed by atoms with Crippen molar-refractivity contribution >= 4 is 60.9 Å². The van der Waals surface area contributed by atoms with Gasteiger partial charge in [-0.2, -0.15) is 5.10 Å². The fraction of sp³-hybridized carbons (Fsp3) is 0.194. The molecule has 0 radical (unpaired) electrons. The van der Waals surface area contributed by atoms with Gasteiger partial charge in [-0.3, -0.25) is 9.59 Å². The number of para-hydroxylation sites is 1. The SMILES string of the molecule is CCn1c2ccccc2c2cc(NC(=O)c3oc4c(c3C)/C(=N/NC(=O)c3ccc(Br)cc3)CCC4)ccc21. The number of nitrogens with zero attached hydrogens (tertiary/aromatic N) is 2. The number of furan rings is 1. The zero-order valence-electron chi connectivity index (χ0n) is 21.7. The number of aryl methyl sites for hydroxylation is 2. The number of nitrogens with one attached hydrogen (secondary N) is 2. The lowest BCUT2D eigenvalue weighted by atomic mass is 9.93. The lowest BCUT2D eigenvalue weighted by Gasteiger charge is -2.13. The summed E-state index contributed by atoms with van der Waals surface area (Å²) in [6, 6.07) is 21.4. The molecule has 2 aromatic heterocycles. The van der Waals surface area contributed by atoms with Crippen molar-refractivity contribution in [2.75, 3.05) is 5.32 Å². The standard InChI is InChI=1S/C31H27BrN4O3/c1-3-36-25-9-5-4-7-22(25)23-17-21(15-16-26(23)36)33-31(38)29-18(2)28-24(8-6-10-27(28)39-29)34-35-30(37)19-11-13-20(32)14-12-19/h4-5,7,9,11-17H,3,6,8,10H2,1-2H3,(H,33,38)(H,35,37)/b34-24+. The monoisotopic (exact) mass is 582 g/mol. The Bertz CT molecular complexity index is 1780. The Balaban J connectivity index is 1.27. The summed E-state index contributed by atoms with van der Waals surface area (Å²) in [7, 11) is 0. The lowest BCUT2D eigenvalue weighted by molar-refractivity contribution is 0.0953. The zero-order chi connectivity index (χ0) is 27.1. The van der Waals surface area contributed by atoms with Crippen molar-refractivity contribution in [2.45, 2.75) is 39.7 Å². The van der Waals surface area contributed by atoms with E-state index in [1.54, 1.807) is 12.1 Å². The quantitative estimate of drug-likeness (QED) is 0.215. The molecule has 6 rings (SSSR count). The van der Waals surface area contributed by atoms with Gasteiger partial charge in [0.2, 0.25) is 0 Å². The molecule has 7 nitrogen and oxygen atoms in total. The number of rotatable bonds is 5. The third-order valence-electron chi connectivity index (χ3n) is 7.28. The Morgan fingerprint density at radius 3 is 2.54 bits per heavy atom. The third-order valence-corrected chi connectivity index (χ3v) is 7.81. The fourth-order valence-electron chi connectivity index (χ4n) is 5.44. The number of hydrazone groups is 1. The topological polar surface area (TPSA) is 88.6 Å². The van der Waals surface area contributed by atoms with E-state index in [1.165, 1.54) is 5.52 Å². The van der Waals surface area contributed by atoms with E-state index in [-0.39, 0.29) is 17.6 Å². The van der Waals surface area contributed by atoms with Gasteiger partial charge >= 0.3 is 0 Å². The molecule has 5 aromatic rings. The van der Waals surface area contributed by atoms with Crippen LogP contribution < -0.4 is 10.7 Å². The van der Waals surface area contributed by atoms with E-state index in [9.17, 15) is 9.59 Å². The highest BCUT2D eigenvalue weighted by Gasteiger charge is 2.28. The fourth-order valence-corrected chi connectivity index (χ4v) is 5.71. The third kappa shape index (κ3) is 4.55. The Hall–Kier alpha value is -4.17. The minimum Gasteiger partial charge on any atom is -0.455 e. The van der Waals surface area contributed by atoms with Crippen molar-refractivity contribution in [1.29, 1.82) is 0 Å². The van der Waals surface area contributed by atoms with Crippen LogP contribution in [0.5, 0.6) is 0 Å². The summed E-state index contributed by atoms with van der Waals surface area (Å²) in [5.74, 6) is 0.395. The Morgan fingerprint density at radius 2 is 1.74 bits per heavy atom. The van der Waals surface area contributed by atoms with Crippen LogP contribution in [0, 0.1) is 6.92 Å². The number of hydrogen-bond acceptors (Lipinski definition) is 4. The van der Waals surface area contributed by atoms with E-state index in [2.05, 4.69) is 55.4 Å². The average Bonchev–Trinajstić information content (AvgIpc) is 3.46. The molecule has 0 saturated carbocycles. The lowest BCUT2D eigenvalue weighted by Crippen LogP contribution is -2.22. The summed E-state index contributed by atoms with van der Waals surface area (Å²) in [6.07, 6.45) is 2.23. The second-order valence-corrected chi connectivity index (χ2v) is 10.6. The summed E-state index contributed by atoms with van der Waals surface area (Å²) >= 11 is 3.38. The number of anilines is 1. The second-order valence-electron chi connectivity index (χ2n) is 9.66. The van der Waals surface area contributed by atoms with Gasteiger partial charge in [-0.25, -0.2) is 5.43 Å². The van der Waals surface area contributed by atoms with Gasteiger partial charge in [0.1, 0.15) is 5.76 Å². The minimum absolute atomic E-state index is 0.268. The number of amides is 2. The molecule has 2 amide bonds. The molecule has 1 aliphatic carbocycles. The van der Waals surface area contributed by atoms with Crippen molar-refractivity contribution < 1.29 is 14.0 Å². The maximum atomic E-state index is 13.4. The van der Waals surface area contributed by atoms with Crippen molar-refractivity contribution in [2.24, 2.45) is 5.10 Å². The molecule has 2 N–H and O–H groups in total. The first-order valence-corrected chi connectivity index (χ1v) is 13.8. The molecule has 8 heteroatoms. The molecule has 0 saturated heterocycles. The van der Waals surface area contributed by atoms with E-state index in [0.29, 0.717) is 24.1 Å². The Kier molecular flexibility index (Phi) is 6.56. The highest BCUT2D eigenvalue weighted by atomic mass is 79.9. The Labute approximate surface area is 234 Å². The largest absolute Gasteiger partial charge is 0.455 e. The number of fused-ring (bicyclic) bond motifs is 4. The van der Waals surface area contributed by atoms with Crippen LogP contribution in [0.3, 0.4) is 0 Å². The van der Waals surface area contributed by atoms with Gasteiger partial charge in [0, 0.05) is 61.6 Å². The predicted molar refractivity (Wildman–Crippen MR) is 158 cm³/mol. The van der Waals surface area contributed by atoms with Crippen LogP contribution in [0.2, 0.25) is 0 Å². The molecule has 0 unspecified atom stereocenters. The number of aromatic nitrogens is 1. The van der Waals surface area contributed by atoms with E-state index < -0.39 is 0 Å². The molecule has 0 aliphatic heterocycles. The number of hydrogen-bond donors (Lipinski definition) is 2. The minimum atomic E-state index is -0.307. The number of carbonyl (C=O) groups is 2. The van der Waals surface area contributed by atoms with Crippen molar-refractivity contribution in [3.63, 3.8) is 0 Å². The number of halogens is 1. The van der Waals surface area contributed by atoms with Crippen LogP contribution in [-0.4, -0.2) is 22.1 Å². The van der Waals surface area contributed by atoms with Gasteiger partial charge in [0.15, 0.2) is 5.76 Å². The van der Waals surface area contributed by atoms with Gasteiger partial charge < -0.3 is 14.3 Å². The average molecular weight is 583 g/mol. The van der Waals surface area contributed by atoms with Crippen LogP contribution in [-0.2, 0) is 13.0 Å². The van der Waals surface area contributed by atoms with Crippen molar-refractivity contribution in [3.8, 4) is 0 Å². The Morgan fingerprint density at radius 1 is 0.974 bits per heavy atom. The molecule has 0 atom stereocenters. The van der Waals surface area contributed by atoms with E-state index in [0.717, 1.165) is 56.3 Å². The molecule has 0 bridgehead atoms. The second kappa shape index (κ2) is 10.2. The molecule has 196 valence electrons. The van der Waals surface area contributed by atoms with Gasteiger partial charge in [-0.05, 0) is 75.2 Å². The van der Waals surface area contributed by atoms with E-state index >= 15 is 0 Å². The molecular weight excluding hydrogens is 556 g/mol. The summed E-state index contributed by atoms with van der Waals surface area (Å²) in [5, 5.41) is 9.70. The van der Waals surface area contributed by atoms with Crippen LogP contribution in [0.1, 0.15) is 57.6 Å². The summed E-state index contributed by atoms with van der Waals surface area (Å²) in [6.45, 7) is 4.86. The predicted octanol–water partition coefficient (Wildman–Crippen LogP) is 7.20. The molecule has 0 fully saturated rings. The smallest absolute Gasteiger partial charge is 0.291 e. The van der Waals surface area contributed by atoms with Crippen molar-refractivity contribution in [3.05, 3.63) is 99.4 Å². The van der Waals surface area contributed by atoms with Crippen LogP contribution in [0.4, 0.5) is 5.69 Å². The molecule has 2 heterocycles. The molecule has 39 heavy (non-hydrogen) atoms. The van der Waals surface area contributed by atoms with Gasteiger partial charge in [0.05, 0.1) is 5.71 Å². The first-order valence-electron chi connectivity index (χ1n) is 13.0. The maximum Gasteiger partial charge on any atom is 0.291 e. The summed E-state index contributed by atoms with van der Waals surface area (Å²) in [5.41, 5.74) is 8.44. The normalized spacial score (nSPS) is 14.1. The zero-order valence-corrected chi connectivity index (χ0v) is 23.3. The van der Waals surface area contributed by atoms with Crippen LogP contribution in [0.15, 0.2) is 80.7 Å². The molecular formula is C31H27BrN4O3.